The Morgan fingerprint density at radius 1 is 1.53 bits per heavy atom. The van der Waals surface area contributed by atoms with Crippen molar-refractivity contribution in [1.29, 1.82) is 0 Å². The zero-order valence-electron chi connectivity index (χ0n) is 8.73. The fraction of sp³-hybridized carbons (Fsp3) is 0.273. The Hall–Kier alpha value is -1.84. The first kappa shape index (κ1) is 11.2. The van der Waals surface area contributed by atoms with Crippen LogP contribution in [-0.2, 0) is 4.74 Å². The van der Waals surface area contributed by atoms with Crippen molar-refractivity contribution in [3.63, 3.8) is 0 Å². The molecule has 0 atom stereocenters. The summed E-state index contributed by atoms with van der Waals surface area (Å²) < 4.78 is 5.02. The number of phenolic OH excluding ortho intramolecular Hbond substituents is 1. The molecule has 0 fully saturated rings. The van der Waals surface area contributed by atoms with E-state index in [1.165, 1.54) is 0 Å². The van der Waals surface area contributed by atoms with E-state index in [1.807, 2.05) is 19.1 Å². The molecular formula is C11H16N2O2. The van der Waals surface area contributed by atoms with Crippen molar-refractivity contribution in [2.45, 2.75) is 6.92 Å². The maximum Gasteiger partial charge on any atom is 0.140 e. The monoisotopic (exact) mass is 208 g/mol. The smallest absolute Gasteiger partial charge is 0.140 e. The summed E-state index contributed by atoms with van der Waals surface area (Å²) >= 11 is 0. The standard InChI is InChI=1S/C11H16N2O2/c1-2-15-7-3-6-13-9-4-5-10(12)11(14)8-9/h3-5,7-8,13-14H,2,6,12H2,1H3/b7-3+. The van der Waals surface area contributed by atoms with Crippen LogP contribution in [0.2, 0.25) is 0 Å². The van der Waals surface area contributed by atoms with Crippen LogP contribution in [0.25, 0.3) is 0 Å². The van der Waals surface area contributed by atoms with E-state index in [-0.39, 0.29) is 5.75 Å². The Balaban J connectivity index is 2.41. The zero-order valence-corrected chi connectivity index (χ0v) is 8.73. The lowest BCUT2D eigenvalue weighted by molar-refractivity contribution is 0.268. The van der Waals surface area contributed by atoms with Gasteiger partial charge in [-0.15, -0.1) is 0 Å². The summed E-state index contributed by atoms with van der Waals surface area (Å²) in [5, 5.41) is 12.4. The molecule has 1 rings (SSSR count). The van der Waals surface area contributed by atoms with Gasteiger partial charge in [0.05, 0.1) is 18.6 Å². The third-order valence-corrected chi connectivity index (χ3v) is 1.81. The van der Waals surface area contributed by atoms with Gasteiger partial charge in [0.25, 0.3) is 0 Å². The number of nitrogens with one attached hydrogen (secondary N) is 1. The summed E-state index contributed by atoms with van der Waals surface area (Å²) in [4.78, 5) is 0. The molecule has 4 heteroatoms. The summed E-state index contributed by atoms with van der Waals surface area (Å²) in [5.74, 6) is 0.0915. The zero-order chi connectivity index (χ0) is 11.1. The molecule has 0 saturated carbocycles. The largest absolute Gasteiger partial charge is 0.506 e. The number of anilines is 2. The summed E-state index contributed by atoms with van der Waals surface area (Å²) in [5.41, 5.74) is 6.67. The Kier molecular flexibility index (Phi) is 4.34. The highest BCUT2D eigenvalue weighted by molar-refractivity contribution is 5.60. The minimum absolute atomic E-state index is 0.0915. The van der Waals surface area contributed by atoms with Crippen molar-refractivity contribution in [3.8, 4) is 5.75 Å². The second-order valence-electron chi connectivity index (χ2n) is 2.98. The highest BCUT2D eigenvalue weighted by atomic mass is 16.5. The number of hydrogen-bond acceptors (Lipinski definition) is 4. The second kappa shape index (κ2) is 5.80. The normalized spacial score (nSPS) is 10.5. The SMILES string of the molecule is CCO/C=C/CNc1ccc(N)c(O)c1. The molecule has 1 aromatic carbocycles. The number of nitrogen functional groups attached to an aromatic ring is 1. The molecule has 4 nitrogen and oxygen atoms in total. The van der Waals surface area contributed by atoms with Crippen molar-refractivity contribution in [2.75, 3.05) is 24.2 Å². The molecule has 0 bridgehead atoms. The molecule has 0 radical (unpaired) electrons. The molecule has 82 valence electrons. The Labute approximate surface area is 89.4 Å². The Morgan fingerprint density at radius 2 is 2.33 bits per heavy atom. The molecule has 4 N–H and O–H groups in total. The van der Waals surface area contributed by atoms with Gasteiger partial charge in [0.2, 0.25) is 0 Å². The maximum absolute atomic E-state index is 9.33. The molecule has 0 amide bonds. The number of nitrogens with two attached hydrogens (primary N) is 1. The van der Waals surface area contributed by atoms with Crippen LogP contribution in [0.4, 0.5) is 11.4 Å². The van der Waals surface area contributed by atoms with E-state index in [9.17, 15) is 5.11 Å². The molecule has 1 aromatic rings. The summed E-state index contributed by atoms with van der Waals surface area (Å²) in [7, 11) is 0. The third-order valence-electron chi connectivity index (χ3n) is 1.81. The molecule has 0 heterocycles. The number of phenols is 1. The van der Waals surface area contributed by atoms with Crippen LogP contribution >= 0.6 is 0 Å². The molecule has 0 spiro atoms. The van der Waals surface area contributed by atoms with Gasteiger partial charge in [-0.1, -0.05) is 0 Å². The van der Waals surface area contributed by atoms with Crippen LogP contribution in [-0.4, -0.2) is 18.3 Å². The van der Waals surface area contributed by atoms with Gasteiger partial charge in [0.1, 0.15) is 5.75 Å². The second-order valence-corrected chi connectivity index (χ2v) is 2.98. The molecule has 0 aliphatic rings. The maximum atomic E-state index is 9.33. The van der Waals surface area contributed by atoms with Crippen LogP contribution in [0.1, 0.15) is 6.92 Å². The van der Waals surface area contributed by atoms with Gasteiger partial charge in [0.15, 0.2) is 0 Å². The molecule has 0 unspecified atom stereocenters. The van der Waals surface area contributed by atoms with Gasteiger partial charge in [-0.3, -0.25) is 0 Å². The number of benzene rings is 1. The summed E-state index contributed by atoms with van der Waals surface area (Å²) in [6.45, 7) is 3.23. The molecule has 0 aliphatic heterocycles. The molecule has 0 aromatic heterocycles. The molecular weight excluding hydrogens is 192 g/mol. The molecule has 15 heavy (non-hydrogen) atoms. The highest BCUT2D eigenvalue weighted by Crippen LogP contribution is 2.23. The van der Waals surface area contributed by atoms with Crippen molar-refractivity contribution >= 4 is 11.4 Å². The van der Waals surface area contributed by atoms with E-state index >= 15 is 0 Å². The van der Waals surface area contributed by atoms with E-state index in [2.05, 4.69) is 5.32 Å². The Bertz CT molecular complexity index is 337. The topological polar surface area (TPSA) is 67.5 Å². The number of aromatic hydroxyl groups is 1. The number of hydrogen-bond donors (Lipinski definition) is 3. The molecule has 0 aliphatic carbocycles. The lowest BCUT2D eigenvalue weighted by Gasteiger charge is -2.05. The first-order valence-corrected chi connectivity index (χ1v) is 4.83. The average molecular weight is 208 g/mol. The Morgan fingerprint density at radius 3 is 3.00 bits per heavy atom. The number of ether oxygens (including phenoxy) is 1. The van der Waals surface area contributed by atoms with E-state index in [4.69, 9.17) is 10.5 Å². The molecule has 0 saturated heterocycles. The third kappa shape index (κ3) is 3.81. The predicted octanol–water partition coefficient (Wildman–Crippen LogP) is 1.94. The quantitative estimate of drug-likeness (QED) is 0.393. The van der Waals surface area contributed by atoms with Crippen LogP contribution in [0, 0.1) is 0 Å². The first-order chi connectivity index (χ1) is 7.24. The lowest BCUT2D eigenvalue weighted by Crippen LogP contribution is -1.98. The van der Waals surface area contributed by atoms with E-state index in [1.54, 1.807) is 18.4 Å². The summed E-state index contributed by atoms with van der Waals surface area (Å²) in [6, 6.07) is 5.05. The van der Waals surface area contributed by atoms with Gasteiger partial charge in [-0.05, 0) is 25.1 Å². The van der Waals surface area contributed by atoms with E-state index in [0.717, 1.165) is 5.69 Å². The minimum Gasteiger partial charge on any atom is -0.506 e. The van der Waals surface area contributed by atoms with E-state index < -0.39 is 0 Å². The summed E-state index contributed by atoms with van der Waals surface area (Å²) in [6.07, 6.45) is 3.50. The highest BCUT2D eigenvalue weighted by Gasteiger charge is 1.96. The van der Waals surface area contributed by atoms with Gasteiger partial charge >= 0.3 is 0 Å². The van der Waals surface area contributed by atoms with Gasteiger partial charge < -0.3 is 20.9 Å². The lowest BCUT2D eigenvalue weighted by atomic mass is 10.2. The van der Waals surface area contributed by atoms with Crippen molar-refractivity contribution in [1.82, 2.24) is 0 Å². The van der Waals surface area contributed by atoms with Crippen LogP contribution in [0.5, 0.6) is 5.75 Å². The van der Waals surface area contributed by atoms with E-state index in [0.29, 0.717) is 18.8 Å². The fourth-order valence-corrected chi connectivity index (χ4v) is 1.04. The van der Waals surface area contributed by atoms with Crippen molar-refractivity contribution in [2.24, 2.45) is 0 Å². The van der Waals surface area contributed by atoms with Crippen LogP contribution < -0.4 is 11.1 Å². The van der Waals surface area contributed by atoms with Crippen molar-refractivity contribution < 1.29 is 9.84 Å². The fourth-order valence-electron chi connectivity index (χ4n) is 1.04. The predicted molar refractivity (Wildman–Crippen MR) is 61.8 cm³/mol. The van der Waals surface area contributed by atoms with Crippen LogP contribution in [0.15, 0.2) is 30.5 Å². The first-order valence-electron chi connectivity index (χ1n) is 4.83. The van der Waals surface area contributed by atoms with Gasteiger partial charge in [-0.25, -0.2) is 0 Å². The van der Waals surface area contributed by atoms with Crippen LogP contribution in [0.3, 0.4) is 0 Å². The minimum atomic E-state index is 0.0915. The van der Waals surface area contributed by atoms with Gasteiger partial charge in [0, 0.05) is 18.3 Å². The number of rotatable bonds is 5. The van der Waals surface area contributed by atoms with Crippen molar-refractivity contribution in [3.05, 3.63) is 30.5 Å². The average Bonchev–Trinajstić information content (AvgIpc) is 2.23. The van der Waals surface area contributed by atoms with Gasteiger partial charge in [-0.2, -0.15) is 0 Å².